The Kier molecular flexibility index (Phi) is 7.84. The van der Waals surface area contributed by atoms with Crippen LogP contribution in [-0.4, -0.2) is 11.2 Å². The fourth-order valence-electron chi connectivity index (χ4n) is 8.47. The predicted octanol–water partition coefficient (Wildman–Crippen LogP) is 7.96. The molecule has 0 amide bonds. The Morgan fingerprint density at radius 3 is 2.38 bits per heavy atom. The molecule has 3 rings (SSSR count). The van der Waals surface area contributed by atoms with E-state index in [9.17, 15) is 5.11 Å². The second-order valence-electron chi connectivity index (χ2n) is 12.6. The van der Waals surface area contributed by atoms with Gasteiger partial charge in [-0.05, 0) is 97.2 Å². The smallest absolute Gasteiger partial charge is 0.0571 e. The predicted molar refractivity (Wildman–Crippen MR) is 126 cm³/mol. The molecule has 3 aliphatic rings. The molecule has 170 valence electrons. The Hall–Kier alpha value is -0.0400. The lowest BCUT2D eigenvalue weighted by Gasteiger charge is -2.47. The Morgan fingerprint density at radius 2 is 1.76 bits per heavy atom. The molecule has 0 aliphatic heterocycles. The van der Waals surface area contributed by atoms with Crippen LogP contribution in [0.3, 0.4) is 0 Å². The third-order valence-electron chi connectivity index (χ3n) is 10.6. The standard InChI is InChI=1S/C28H52O/c1-18(2)19(3)10-8-12-24-13-14-25-23(11-9-15-28(24,25)7)16-20(4)27-21(5)17-26(29)22(27)6/h18-27,29H,8-17H2,1-7H3/t19-,20?,21-,22?,23+,24-,25-,26?,27?,28?/m0/s1. The molecule has 0 aromatic carbocycles. The Balaban J connectivity index is 1.58. The van der Waals surface area contributed by atoms with Crippen molar-refractivity contribution in [1.82, 2.24) is 0 Å². The second kappa shape index (κ2) is 9.62. The van der Waals surface area contributed by atoms with E-state index in [1.807, 2.05) is 0 Å². The summed E-state index contributed by atoms with van der Waals surface area (Å²) in [6, 6.07) is 0. The first-order chi connectivity index (χ1) is 13.6. The van der Waals surface area contributed by atoms with Crippen LogP contribution in [0, 0.1) is 58.7 Å². The molecule has 29 heavy (non-hydrogen) atoms. The van der Waals surface area contributed by atoms with Gasteiger partial charge in [0, 0.05) is 0 Å². The molecule has 0 saturated heterocycles. The molecule has 1 N–H and O–H groups in total. The molecule has 0 bridgehead atoms. The first-order valence-corrected chi connectivity index (χ1v) is 13.3. The van der Waals surface area contributed by atoms with Gasteiger partial charge >= 0.3 is 0 Å². The number of aliphatic hydroxyl groups is 1. The molecule has 0 aromatic heterocycles. The van der Waals surface area contributed by atoms with Crippen molar-refractivity contribution < 1.29 is 5.11 Å². The molecule has 3 fully saturated rings. The zero-order valence-electron chi connectivity index (χ0n) is 20.8. The number of rotatable bonds is 8. The molecule has 1 nitrogen and oxygen atoms in total. The van der Waals surface area contributed by atoms with Gasteiger partial charge in [-0.1, -0.05) is 74.1 Å². The fourth-order valence-corrected chi connectivity index (χ4v) is 8.47. The minimum absolute atomic E-state index is 0.0573. The van der Waals surface area contributed by atoms with Gasteiger partial charge in [0.15, 0.2) is 0 Å². The zero-order chi connectivity index (χ0) is 21.3. The van der Waals surface area contributed by atoms with E-state index in [4.69, 9.17) is 0 Å². The van der Waals surface area contributed by atoms with E-state index in [2.05, 4.69) is 48.5 Å². The van der Waals surface area contributed by atoms with Crippen LogP contribution < -0.4 is 0 Å². The van der Waals surface area contributed by atoms with Crippen molar-refractivity contribution in [3.8, 4) is 0 Å². The van der Waals surface area contributed by atoms with E-state index in [-0.39, 0.29) is 6.10 Å². The maximum absolute atomic E-state index is 10.4. The minimum Gasteiger partial charge on any atom is -0.393 e. The quantitative estimate of drug-likeness (QED) is 0.435. The molecule has 0 spiro atoms. The van der Waals surface area contributed by atoms with Gasteiger partial charge in [0.1, 0.15) is 0 Å². The topological polar surface area (TPSA) is 20.2 Å². The van der Waals surface area contributed by atoms with Crippen LogP contribution in [0.4, 0.5) is 0 Å². The molecular weight excluding hydrogens is 352 g/mol. The molecule has 10 atom stereocenters. The summed E-state index contributed by atoms with van der Waals surface area (Å²) in [4.78, 5) is 0. The van der Waals surface area contributed by atoms with E-state index in [0.29, 0.717) is 17.3 Å². The van der Waals surface area contributed by atoms with Crippen LogP contribution in [0.15, 0.2) is 0 Å². The molecule has 0 aromatic rings. The first-order valence-electron chi connectivity index (χ1n) is 13.3. The zero-order valence-corrected chi connectivity index (χ0v) is 20.8. The second-order valence-corrected chi connectivity index (χ2v) is 12.6. The summed E-state index contributed by atoms with van der Waals surface area (Å²) in [5.41, 5.74) is 0.621. The van der Waals surface area contributed by atoms with E-state index < -0.39 is 0 Å². The molecule has 3 saturated carbocycles. The highest BCUT2D eigenvalue weighted by molar-refractivity contribution is 5.01. The van der Waals surface area contributed by atoms with Gasteiger partial charge in [0.25, 0.3) is 0 Å². The number of aliphatic hydroxyl groups excluding tert-OH is 1. The third-order valence-corrected chi connectivity index (χ3v) is 10.6. The summed E-state index contributed by atoms with van der Waals surface area (Å²) in [6.07, 6.45) is 14.2. The Labute approximate surface area is 182 Å². The summed E-state index contributed by atoms with van der Waals surface area (Å²) in [5.74, 6) is 7.31. The van der Waals surface area contributed by atoms with Gasteiger partial charge in [0.2, 0.25) is 0 Å². The summed E-state index contributed by atoms with van der Waals surface area (Å²) >= 11 is 0. The summed E-state index contributed by atoms with van der Waals surface area (Å²) in [7, 11) is 0. The largest absolute Gasteiger partial charge is 0.393 e. The van der Waals surface area contributed by atoms with Crippen molar-refractivity contribution >= 4 is 0 Å². The van der Waals surface area contributed by atoms with Crippen molar-refractivity contribution in [3.05, 3.63) is 0 Å². The Bertz CT molecular complexity index is 512. The van der Waals surface area contributed by atoms with E-state index >= 15 is 0 Å². The van der Waals surface area contributed by atoms with Gasteiger partial charge in [-0.25, -0.2) is 0 Å². The maximum atomic E-state index is 10.4. The normalized spacial score (nSPS) is 44.8. The average Bonchev–Trinajstić information content (AvgIpc) is 3.11. The lowest BCUT2D eigenvalue weighted by atomic mass is 9.58. The van der Waals surface area contributed by atoms with Crippen LogP contribution in [0.5, 0.6) is 0 Å². The van der Waals surface area contributed by atoms with Crippen molar-refractivity contribution in [2.75, 3.05) is 0 Å². The van der Waals surface area contributed by atoms with Crippen LogP contribution in [0.25, 0.3) is 0 Å². The summed E-state index contributed by atoms with van der Waals surface area (Å²) in [5, 5.41) is 10.4. The van der Waals surface area contributed by atoms with E-state index in [0.717, 1.165) is 47.8 Å². The van der Waals surface area contributed by atoms with Crippen LogP contribution in [0.1, 0.15) is 113 Å². The van der Waals surface area contributed by atoms with Crippen molar-refractivity contribution in [2.45, 2.75) is 119 Å². The van der Waals surface area contributed by atoms with Gasteiger partial charge in [-0.3, -0.25) is 0 Å². The van der Waals surface area contributed by atoms with Crippen LogP contribution in [0.2, 0.25) is 0 Å². The summed E-state index contributed by atoms with van der Waals surface area (Å²) in [6.45, 7) is 17.1. The number of hydrogen-bond donors (Lipinski definition) is 1. The molecular formula is C28H52O. The van der Waals surface area contributed by atoms with Crippen molar-refractivity contribution in [2.24, 2.45) is 58.7 Å². The van der Waals surface area contributed by atoms with Gasteiger partial charge in [0.05, 0.1) is 6.10 Å². The maximum Gasteiger partial charge on any atom is 0.0571 e. The van der Waals surface area contributed by atoms with Crippen molar-refractivity contribution in [3.63, 3.8) is 0 Å². The van der Waals surface area contributed by atoms with Gasteiger partial charge in [-0.2, -0.15) is 0 Å². The van der Waals surface area contributed by atoms with E-state index in [1.54, 1.807) is 0 Å². The fraction of sp³-hybridized carbons (Fsp3) is 1.00. The Morgan fingerprint density at radius 1 is 1.03 bits per heavy atom. The van der Waals surface area contributed by atoms with Gasteiger partial charge < -0.3 is 5.11 Å². The highest BCUT2D eigenvalue weighted by atomic mass is 16.3. The van der Waals surface area contributed by atoms with E-state index in [1.165, 1.54) is 57.8 Å². The highest BCUT2D eigenvalue weighted by Crippen LogP contribution is 2.60. The number of hydrogen-bond acceptors (Lipinski definition) is 1. The molecule has 5 unspecified atom stereocenters. The minimum atomic E-state index is -0.0573. The molecule has 0 heterocycles. The molecule has 0 radical (unpaired) electrons. The lowest BCUT2D eigenvalue weighted by Crippen LogP contribution is -2.38. The average molecular weight is 405 g/mol. The third kappa shape index (κ3) is 4.91. The SMILES string of the molecule is CC(C[C@H]1CCCC2(C)[C@@H](CCC[C@H](C)C(C)C)CC[C@@H]12)C1C(C)C(O)C[C@@H]1C. The molecule has 3 aliphatic carbocycles. The highest BCUT2D eigenvalue weighted by Gasteiger charge is 2.51. The monoisotopic (exact) mass is 404 g/mol. The molecule has 1 heteroatoms. The van der Waals surface area contributed by atoms with Gasteiger partial charge in [-0.15, -0.1) is 0 Å². The summed E-state index contributed by atoms with van der Waals surface area (Å²) < 4.78 is 0. The number of fused-ring (bicyclic) bond motifs is 1. The van der Waals surface area contributed by atoms with Crippen LogP contribution >= 0.6 is 0 Å². The van der Waals surface area contributed by atoms with Crippen LogP contribution in [-0.2, 0) is 0 Å². The lowest BCUT2D eigenvalue weighted by molar-refractivity contribution is 0.0267. The first kappa shape index (κ1) is 23.6. The van der Waals surface area contributed by atoms with Crippen molar-refractivity contribution in [1.29, 1.82) is 0 Å².